The van der Waals surface area contributed by atoms with Crippen LogP contribution in [0.1, 0.15) is 30.7 Å². The minimum atomic E-state index is 0.501. The monoisotopic (exact) mass is 243 g/mol. The van der Waals surface area contributed by atoms with Crippen molar-refractivity contribution in [2.75, 3.05) is 6.54 Å². The molecule has 1 nitrogen and oxygen atoms in total. The van der Waals surface area contributed by atoms with Gasteiger partial charge in [0, 0.05) is 0 Å². The Kier molecular flexibility index (Phi) is 3.55. The third-order valence-corrected chi connectivity index (χ3v) is 4.18. The average Bonchev–Trinajstić information content (AvgIpc) is 2.70. The van der Waals surface area contributed by atoms with Crippen LogP contribution in [-0.2, 0) is 0 Å². The topological polar surface area (TPSA) is 26.0 Å². The molecule has 3 heteroatoms. The van der Waals surface area contributed by atoms with Crippen LogP contribution in [0.5, 0.6) is 0 Å². The van der Waals surface area contributed by atoms with Gasteiger partial charge in [-0.25, -0.2) is 0 Å². The van der Waals surface area contributed by atoms with Gasteiger partial charge < -0.3 is 5.73 Å². The Labute approximate surface area is 101 Å². The molecule has 1 aliphatic rings. The number of hydrogen-bond donors (Lipinski definition) is 1. The van der Waals surface area contributed by atoms with Crippen molar-refractivity contribution in [3.8, 4) is 0 Å². The summed E-state index contributed by atoms with van der Waals surface area (Å²) in [6.07, 6.45) is 3.64. The summed E-state index contributed by atoms with van der Waals surface area (Å²) in [4.78, 5) is 0. The quantitative estimate of drug-likeness (QED) is 0.840. The van der Waals surface area contributed by atoms with E-state index in [1.807, 2.05) is 12.1 Å². The maximum absolute atomic E-state index is 6.22. The van der Waals surface area contributed by atoms with E-state index in [9.17, 15) is 0 Å². The van der Waals surface area contributed by atoms with Gasteiger partial charge in [-0.3, -0.25) is 0 Å². The molecular formula is C12H15Cl2N. The van der Waals surface area contributed by atoms with E-state index in [0.717, 1.165) is 6.54 Å². The van der Waals surface area contributed by atoms with Crippen molar-refractivity contribution in [3.05, 3.63) is 33.8 Å². The van der Waals surface area contributed by atoms with E-state index in [1.165, 1.54) is 24.8 Å². The number of benzene rings is 1. The lowest BCUT2D eigenvalue weighted by Crippen LogP contribution is -2.17. The van der Waals surface area contributed by atoms with Crippen LogP contribution in [0.3, 0.4) is 0 Å². The molecule has 0 amide bonds. The highest BCUT2D eigenvalue weighted by molar-refractivity contribution is 6.42. The molecule has 1 aliphatic carbocycles. The molecule has 0 heterocycles. The SMILES string of the molecule is NCC1CCCC1c1cccc(Cl)c1Cl. The Morgan fingerprint density at radius 1 is 1.27 bits per heavy atom. The maximum Gasteiger partial charge on any atom is 0.0627 e. The Morgan fingerprint density at radius 2 is 2.07 bits per heavy atom. The second-order valence-corrected chi connectivity index (χ2v) is 4.96. The first-order valence-corrected chi connectivity index (χ1v) is 6.13. The van der Waals surface area contributed by atoms with Crippen LogP contribution >= 0.6 is 23.2 Å². The molecule has 2 atom stereocenters. The first-order chi connectivity index (χ1) is 7.24. The zero-order valence-electron chi connectivity index (χ0n) is 8.55. The number of rotatable bonds is 2. The molecule has 0 bridgehead atoms. The molecule has 2 N–H and O–H groups in total. The van der Waals surface area contributed by atoms with Crippen molar-refractivity contribution in [1.29, 1.82) is 0 Å². The molecule has 0 saturated heterocycles. The van der Waals surface area contributed by atoms with E-state index in [0.29, 0.717) is 21.9 Å². The van der Waals surface area contributed by atoms with Crippen molar-refractivity contribution >= 4 is 23.2 Å². The van der Waals surface area contributed by atoms with Crippen LogP contribution in [0.15, 0.2) is 18.2 Å². The van der Waals surface area contributed by atoms with Crippen molar-refractivity contribution < 1.29 is 0 Å². The fraction of sp³-hybridized carbons (Fsp3) is 0.500. The first-order valence-electron chi connectivity index (χ1n) is 5.38. The van der Waals surface area contributed by atoms with Crippen molar-refractivity contribution in [2.24, 2.45) is 11.7 Å². The summed E-state index contributed by atoms with van der Waals surface area (Å²) < 4.78 is 0. The standard InChI is InChI=1S/C12H15Cl2N/c13-11-6-2-5-10(12(11)14)9-4-1-3-8(9)7-15/h2,5-6,8-9H,1,3-4,7,15H2. The molecule has 15 heavy (non-hydrogen) atoms. The van der Waals surface area contributed by atoms with Gasteiger partial charge >= 0.3 is 0 Å². The molecule has 0 radical (unpaired) electrons. The summed E-state index contributed by atoms with van der Waals surface area (Å²) in [5, 5.41) is 1.36. The van der Waals surface area contributed by atoms with E-state index >= 15 is 0 Å². The molecule has 1 saturated carbocycles. The highest BCUT2D eigenvalue weighted by Crippen LogP contribution is 2.43. The highest BCUT2D eigenvalue weighted by atomic mass is 35.5. The largest absolute Gasteiger partial charge is 0.330 e. The molecular weight excluding hydrogens is 229 g/mol. The molecule has 2 rings (SSSR count). The predicted molar refractivity (Wildman–Crippen MR) is 65.6 cm³/mol. The summed E-state index contributed by atoms with van der Waals surface area (Å²) in [7, 11) is 0. The molecule has 1 fully saturated rings. The minimum Gasteiger partial charge on any atom is -0.330 e. The van der Waals surface area contributed by atoms with Crippen molar-refractivity contribution in [3.63, 3.8) is 0 Å². The van der Waals surface area contributed by atoms with E-state index in [-0.39, 0.29) is 0 Å². The molecule has 2 unspecified atom stereocenters. The van der Waals surface area contributed by atoms with Gasteiger partial charge in [0.25, 0.3) is 0 Å². The van der Waals surface area contributed by atoms with Crippen LogP contribution in [-0.4, -0.2) is 6.54 Å². The minimum absolute atomic E-state index is 0.501. The van der Waals surface area contributed by atoms with Crippen molar-refractivity contribution in [1.82, 2.24) is 0 Å². The average molecular weight is 244 g/mol. The Balaban J connectivity index is 2.32. The Hall–Kier alpha value is -0.240. The van der Waals surface area contributed by atoms with E-state index in [4.69, 9.17) is 28.9 Å². The fourth-order valence-electron chi connectivity index (χ4n) is 2.54. The Morgan fingerprint density at radius 3 is 2.80 bits per heavy atom. The third-order valence-electron chi connectivity index (χ3n) is 3.34. The number of halogens is 2. The van der Waals surface area contributed by atoms with Gasteiger partial charge in [0.2, 0.25) is 0 Å². The Bertz CT molecular complexity index is 351. The van der Waals surface area contributed by atoms with Crippen LogP contribution < -0.4 is 5.73 Å². The van der Waals surface area contributed by atoms with E-state index in [1.54, 1.807) is 0 Å². The maximum atomic E-state index is 6.22. The van der Waals surface area contributed by atoms with Gasteiger partial charge in [-0.2, -0.15) is 0 Å². The smallest absolute Gasteiger partial charge is 0.0627 e. The first kappa shape index (κ1) is 11.3. The van der Waals surface area contributed by atoms with Crippen LogP contribution in [0.25, 0.3) is 0 Å². The van der Waals surface area contributed by atoms with Gasteiger partial charge in [0.1, 0.15) is 0 Å². The van der Waals surface area contributed by atoms with Gasteiger partial charge in [0.05, 0.1) is 10.0 Å². The third kappa shape index (κ3) is 2.15. The van der Waals surface area contributed by atoms with Crippen LogP contribution in [0.4, 0.5) is 0 Å². The predicted octanol–water partition coefficient (Wildman–Crippen LogP) is 3.84. The molecule has 1 aromatic rings. The summed E-state index contributed by atoms with van der Waals surface area (Å²) in [6.45, 7) is 0.744. The molecule has 82 valence electrons. The van der Waals surface area contributed by atoms with E-state index < -0.39 is 0 Å². The van der Waals surface area contributed by atoms with E-state index in [2.05, 4.69) is 6.07 Å². The zero-order chi connectivity index (χ0) is 10.8. The summed E-state index contributed by atoms with van der Waals surface area (Å²) in [5.41, 5.74) is 6.95. The highest BCUT2D eigenvalue weighted by Gasteiger charge is 2.29. The molecule has 0 spiro atoms. The lowest BCUT2D eigenvalue weighted by molar-refractivity contribution is 0.496. The molecule has 1 aromatic carbocycles. The second-order valence-electron chi connectivity index (χ2n) is 4.18. The van der Waals surface area contributed by atoms with Gasteiger partial charge in [-0.1, -0.05) is 41.8 Å². The second kappa shape index (κ2) is 4.73. The summed E-state index contributed by atoms with van der Waals surface area (Å²) >= 11 is 12.2. The van der Waals surface area contributed by atoms with Crippen LogP contribution in [0.2, 0.25) is 10.0 Å². The normalized spacial score (nSPS) is 25.8. The van der Waals surface area contributed by atoms with Crippen molar-refractivity contribution in [2.45, 2.75) is 25.2 Å². The molecule has 0 aliphatic heterocycles. The number of hydrogen-bond acceptors (Lipinski definition) is 1. The molecule has 0 aromatic heterocycles. The lowest BCUT2D eigenvalue weighted by Gasteiger charge is -2.19. The summed E-state index contributed by atoms with van der Waals surface area (Å²) in [5.74, 6) is 1.07. The van der Waals surface area contributed by atoms with Gasteiger partial charge in [-0.05, 0) is 42.9 Å². The lowest BCUT2D eigenvalue weighted by atomic mass is 9.89. The fourth-order valence-corrected chi connectivity index (χ4v) is 2.98. The van der Waals surface area contributed by atoms with Crippen LogP contribution in [0, 0.1) is 5.92 Å². The van der Waals surface area contributed by atoms with Gasteiger partial charge in [0.15, 0.2) is 0 Å². The zero-order valence-corrected chi connectivity index (χ0v) is 10.1. The summed E-state index contributed by atoms with van der Waals surface area (Å²) in [6, 6.07) is 5.88. The van der Waals surface area contributed by atoms with Gasteiger partial charge in [-0.15, -0.1) is 0 Å². The number of nitrogens with two attached hydrogens (primary N) is 1.